The Morgan fingerprint density at radius 3 is 2.87 bits per heavy atom. The van der Waals surface area contributed by atoms with Crippen molar-refractivity contribution < 1.29 is 9.53 Å². The van der Waals surface area contributed by atoms with E-state index in [1.54, 1.807) is 18.9 Å². The summed E-state index contributed by atoms with van der Waals surface area (Å²) in [5, 5.41) is 0.0440. The number of hydrogen-bond donors (Lipinski definition) is 0. The van der Waals surface area contributed by atoms with Crippen molar-refractivity contribution in [3.8, 4) is 5.75 Å². The summed E-state index contributed by atoms with van der Waals surface area (Å²) in [7, 11) is 1.65. The predicted octanol–water partition coefficient (Wildman–Crippen LogP) is 4.95. The van der Waals surface area contributed by atoms with Crippen LogP contribution in [0.25, 0.3) is 0 Å². The zero-order valence-corrected chi connectivity index (χ0v) is 17.0. The average Bonchev–Trinajstić information content (AvgIpc) is 3.03. The zero-order valence-electron chi connectivity index (χ0n) is 12.5. The van der Waals surface area contributed by atoms with Gasteiger partial charge in [0.2, 0.25) is 0 Å². The quantitative estimate of drug-likeness (QED) is 0.555. The Balaban J connectivity index is 1.88. The summed E-state index contributed by atoms with van der Waals surface area (Å²) >= 11 is 7.56. The highest BCUT2D eigenvalue weighted by molar-refractivity contribution is 14.1. The number of halogens is 2. The fraction of sp³-hybridized carbons (Fsp3) is 0.235. The van der Waals surface area contributed by atoms with Crippen molar-refractivity contribution in [3.63, 3.8) is 0 Å². The molecule has 0 bridgehead atoms. The van der Waals surface area contributed by atoms with E-state index in [1.807, 2.05) is 47.4 Å². The lowest BCUT2D eigenvalue weighted by molar-refractivity contribution is 0.0760. The van der Waals surface area contributed by atoms with E-state index in [1.165, 1.54) is 0 Å². The molecule has 3 rings (SSSR count). The van der Waals surface area contributed by atoms with Crippen LogP contribution < -0.4 is 4.74 Å². The molecule has 1 aliphatic rings. The van der Waals surface area contributed by atoms with Crippen molar-refractivity contribution in [3.05, 3.63) is 61.6 Å². The molecule has 3 nitrogen and oxygen atoms in total. The van der Waals surface area contributed by atoms with Crippen molar-refractivity contribution in [2.45, 2.75) is 5.37 Å². The van der Waals surface area contributed by atoms with Crippen molar-refractivity contribution >= 4 is 56.2 Å². The van der Waals surface area contributed by atoms with E-state index < -0.39 is 0 Å². The molecule has 2 aromatic rings. The minimum atomic E-state index is 0.0440. The second-order valence-corrected chi connectivity index (χ2v) is 8.41. The number of hydrogen-bond acceptors (Lipinski definition) is 3. The first-order valence-corrected chi connectivity index (χ1v) is 10.0. The van der Waals surface area contributed by atoms with Gasteiger partial charge in [0.05, 0.1) is 11.6 Å². The molecule has 0 saturated carbocycles. The molecule has 1 saturated heterocycles. The molecule has 23 heavy (non-hydrogen) atoms. The first-order chi connectivity index (χ1) is 11.1. The average molecular weight is 504 g/mol. The summed E-state index contributed by atoms with van der Waals surface area (Å²) in [5.74, 6) is 1.84. The van der Waals surface area contributed by atoms with Gasteiger partial charge < -0.3 is 9.64 Å². The maximum Gasteiger partial charge on any atom is 0.255 e. The molecule has 0 N–H and O–H groups in total. The second kappa shape index (κ2) is 7.44. The maximum absolute atomic E-state index is 12.9. The molecule has 6 heteroatoms. The minimum absolute atomic E-state index is 0.0440. The number of amides is 1. The molecule has 0 spiro atoms. The van der Waals surface area contributed by atoms with E-state index in [0.717, 1.165) is 37.2 Å². The fourth-order valence-corrected chi connectivity index (χ4v) is 4.92. The number of thioether (sulfide) groups is 1. The number of rotatable bonds is 3. The standard InChI is InChI=1S/C17H15BrINO2S/c1-22-15-6-5-12(10-14(15)18)17-20(7-8-23-17)16(21)11-3-2-4-13(19)9-11/h2-6,9-10,17H,7-8H2,1H3. The van der Waals surface area contributed by atoms with Gasteiger partial charge >= 0.3 is 0 Å². The van der Waals surface area contributed by atoms with Crippen LogP contribution in [0.15, 0.2) is 46.9 Å². The number of carbonyl (C=O) groups excluding carboxylic acids is 1. The number of nitrogens with zero attached hydrogens (tertiary/aromatic N) is 1. The Hall–Kier alpha value is -0.730. The van der Waals surface area contributed by atoms with Gasteiger partial charge in [-0.3, -0.25) is 4.79 Å². The fourth-order valence-electron chi connectivity index (χ4n) is 2.58. The van der Waals surface area contributed by atoms with Crippen LogP contribution in [-0.4, -0.2) is 30.2 Å². The molecule has 0 aromatic heterocycles. The SMILES string of the molecule is COc1ccc(C2SCCN2C(=O)c2cccc(I)c2)cc1Br. The molecule has 0 aliphatic carbocycles. The molecule has 1 atom stereocenters. The maximum atomic E-state index is 12.9. The van der Waals surface area contributed by atoms with Gasteiger partial charge in [0, 0.05) is 21.4 Å². The van der Waals surface area contributed by atoms with E-state index in [2.05, 4.69) is 38.5 Å². The number of carbonyl (C=O) groups is 1. The van der Waals surface area contributed by atoms with Gasteiger partial charge in [0.15, 0.2) is 0 Å². The lowest BCUT2D eigenvalue weighted by Crippen LogP contribution is -2.30. The Morgan fingerprint density at radius 2 is 2.17 bits per heavy atom. The summed E-state index contributed by atoms with van der Waals surface area (Å²) in [5.41, 5.74) is 1.86. The molecular formula is C17H15BrINO2S. The highest BCUT2D eigenvalue weighted by atomic mass is 127. The lowest BCUT2D eigenvalue weighted by atomic mass is 10.1. The Labute approximate surface area is 162 Å². The van der Waals surface area contributed by atoms with Gasteiger partial charge in [-0.2, -0.15) is 0 Å². The van der Waals surface area contributed by atoms with Gasteiger partial charge in [0.25, 0.3) is 5.91 Å². The second-order valence-electron chi connectivity index (χ2n) is 5.13. The van der Waals surface area contributed by atoms with Crippen LogP contribution in [0.4, 0.5) is 0 Å². The number of ether oxygens (including phenoxy) is 1. The number of methoxy groups -OCH3 is 1. The van der Waals surface area contributed by atoms with Crippen LogP contribution in [0.5, 0.6) is 5.75 Å². The van der Waals surface area contributed by atoms with E-state index in [-0.39, 0.29) is 11.3 Å². The number of benzene rings is 2. The third kappa shape index (κ3) is 3.69. The monoisotopic (exact) mass is 503 g/mol. The van der Waals surface area contributed by atoms with Crippen LogP contribution >= 0.6 is 50.3 Å². The summed E-state index contributed by atoms with van der Waals surface area (Å²) in [6.07, 6.45) is 0. The zero-order chi connectivity index (χ0) is 16.4. The van der Waals surface area contributed by atoms with Crippen LogP contribution in [0, 0.1) is 3.57 Å². The minimum Gasteiger partial charge on any atom is -0.496 e. The van der Waals surface area contributed by atoms with Gasteiger partial charge in [-0.25, -0.2) is 0 Å². The Kier molecular flexibility index (Phi) is 5.53. The third-order valence-electron chi connectivity index (χ3n) is 3.68. The summed E-state index contributed by atoms with van der Waals surface area (Å²) in [6, 6.07) is 13.7. The highest BCUT2D eigenvalue weighted by Crippen LogP contribution is 2.41. The van der Waals surface area contributed by atoms with Crippen molar-refractivity contribution in [2.75, 3.05) is 19.4 Å². The van der Waals surface area contributed by atoms with E-state index in [9.17, 15) is 4.79 Å². The molecule has 1 heterocycles. The molecule has 1 unspecified atom stereocenters. The van der Waals surface area contributed by atoms with Crippen molar-refractivity contribution in [1.82, 2.24) is 4.90 Å². The first kappa shape index (κ1) is 17.1. The largest absolute Gasteiger partial charge is 0.496 e. The Bertz CT molecular complexity index is 740. The van der Waals surface area contributed by atoms with E-state index in [0.29, 0.717) is 0 Å². The molecule has 1 amide bonds. The van der Waals surface area contributed by atoms with E-state index in [4.69, 9.17) is 4.74 Å². The molecule has 1 fully saturated rings. The van der Waals surface area contributed by atoms with Crippen LogP contribution in [0.2, 0.25) is 0 Å². The van der Waals surface area contributed by atoms with Crippen molar-refractivity contribution in [2.24, 2.45) is 0 Å². The Morgan fingerprint density at radius 1 is 1.35 bits per heavy atom. The molecule has 0 radical (unpaired) electrons. The molecular weight excluding hydrogens is 489 g/mol. The molecule has 1 aliphatic heterocycles. The smallest absolute Gasteiger partial charge is 0.255 e. The normalized spacial score (nSPS) is 17.3. The van der Waals surface area contributed by atoms with Crippen molar-refractivity contribution in [1.29, 1.82) is 0 Å². The van der Waals surface area contributed by atoms with Crippen LogP contribution in [0.3, 0.4) is 0 Å². The summed E-state index contributed by atoms with van der Waals surface area (Å²) < 4.78 is 7.27. The first-order valence-electron chi connectivity index (χ1n) is 7.11. The van der Waals surface area contributed by atoms with Gasteiger partial charge in [0.1, 0.15) is 11.1 Å². The third-order valence-corrected chi connectivity index (χ3v) is 6.24. The van der Waals surface area contributed by atoms with Crippen LogP contribution in [-0.2, 0) is 0 Å². The summed E-state index contributed by atoms with van der Waals surface area (Å²) in [6.45, 7) is 0.767. The molecule has 2 aromatic carbocycles. The van der Waals surface area contributed by atoms with Gasteiger partial charge in [-0.1, -0.05) is 12.1 Å². The van der Waals surface area contributed by atoms with Gasteiger partial charge in [-0.05, 0) is 74.4 Å². The topological polar surface area (TPSA) is 29.5 Å². The summed E-state index contributed by atoms with van der Waals surface area (Å²) in [4.78, 5) is 14.8. The highest BCUT2D eigenvalue weighted by Gasteiger charge is 2.31. The van der Waals surface area contributed by atoms with E-state index >= 15 is 0 Å². The lowest BCUT2D eigenvalue weighted by Gasteiger charge is -2.24. The molecule has 120 valence electrons. The van der Waals surface area contributed by atoms with Crippen LogP contribution in [0.1, 0.15) is 21.3 Å². The predicted molar refractivity (Wildman–Crippen MR) is 106 cm³/mol. The van der Waals surface area contributed by atoms with Gasteiger partial charge in [-0.15, -0.1) is 11.8 Å².